The van der Waals surface area contributed by atoms with Crippen LogP contribution in [0.2, 0.25) is 0 Å². The summed E-state index contributed by atoms with van der Waals surface area (Å²) in [5.74, 6) is 0.906. The van der Waals surface area contributed by atoms with E-state index < -0.39 is 0 Å². The smallest absolute Gasteiger partial charge is 0.235 e. The molecule has 1 aliphatic heterocycles. The maximum atomic E-state index is 5.26. The molecule has 0 fully saturated rings. The molecule has 2 unspecified atom stereocenters. The first-order valence-electron chi connectivity index (χ1n) is 19.2. The minimum atomic E-state index is 0.229. The van der Waals surface area contributed by atoms with E-state index in [2.05, 4.69) is 204 Å². The molecule has 264 valence electrons. The first kappa shape index (κ1) is 32.2. The number of benzene rings is 7. The molecular formula is C52H36N4. The molecule has 0 bridgehead atoms. The number of fused-ring (bicyclic) bond motifs is 6. The molecule has 56 heavy (non-hydrogen) atoms. The van der Waals surface area contributed by atoms with Crippen LogP contribution in [-0.4, -0.2) is 20.6 Å². The second-order valence-electron chi connectivity index (χ2n) is 14.6. The molecule has 4 heteroatoms. The number of aromatic nitrogens is 3. The van der Waals surface area contributed by atoms with E-state index in [1.54, 1.807) is 0 Å². The van der Waals surface area contributed by atoms with Gasteiger partial charge in [0, 0.05) is 39.8 Å². The molecule has 0 spiro atoms. The Kier molecular flexibility index (Phi) is 7.59. The quantitative estimate of drug-likeness (QED) is 0.172. The summed E-state index contributed by atoms with van der Waals surface area (Å²) in [6, 6.07) is 65.1. The van der Waals surface area contributed by atoms with Crippen LogP contribution < -0.4 is 4.90 Å². The van der Waals surface area contributed by atoms with Gasteiger partial charge >= 0.3 is 0 Å². The molecule has 2 aromatic heterocycles. The van der Waals surface area contributed by atoms with Crippen molar-refractivity contribution in [1.29, 1.82) is 0 Å². The van der Waals surface area contributed by atoms with Crippen molar-refractivity contribution in [3.8, 4) is 39.5 Å². The van der Waals surface area contributed by atoms with Crippen molar-refractivity contribution in [2.45, 2.75) is 12.0 Å². The Morgan fingerprint density at radius 1 is 0.500 bits per heavy atom. The molecule has 2 aliphatic rings. The van der Waals surface area contributed by atoms with Crippen LogP contribution in [0.1, 0.15) is 17.0 Å². The number of rotatable bonds is 6. The van der Waals surface area contributed by atoms with E-state index in [1.165, 1.54) is 50.0 Å². The fourth-order valence-electron chi connectivity index (χ4n) is 8.84. The second kappa shape index (κ2) is 13.2. The number of hydrogen-bond acceptors (Lipinski definition) is 3. The van der Waals surface area contributed by atoms with Gasteiger partial charge in [-0.25, -0.2) is 9.97 Å². The average molecular weight is 717 g/mol. The van der Waals surface area contributed by atoms with Crippen molar-refractivity contribution in [2.24, 2.45) is 0 Å². The highest BCUT2D eigenvalue weighted by atomic mass is 15.2. The van der Waals surface area contributed by atoms with Crippen LogP contribution in [0.15, 0.2) is 206 Å². The summed E-state index contributed by atoms with van der Waals surface area (Å²) >= 11 is 0. The number of anilines is 2. The predicted molar refractivity (Wildman–Crippen MR) is 231 cm³/mol. The summed E-state index contributed by atoms with van der Waals surface area (Å²) in [5, 5.41) is 2.36. The lowest BCUT2D eigenvalue weighted by Gasteiger charge is -2.29. The Labute approximate surface area is 326 Å². The highest BCUT2D eigenvalue weighted by Crippen LogP contribution is 2.49. The molecule has 3 heterocycles. The van der Waals surface area contributed by atoms with Gasteiger partial charge in [-0.1, -0.05) is 158 Å². The van der Waals surface area contributed by atoms with Crippen LogP contribution in [0.4, 0.5) is 11.4 Å². The first-order chi connectivity index (χ1) is 27.8. The SMILES string of the molecule is C1=CC2C(C=C1c1ccc3c(c1)c1ccccc1n3-c1nccc(-c3ccccc3-c3ccc(-c4ccccc4)cc3)n1)c1ccccc1N2c1ccccc1. The molecule has 0 amide bonds. The lowest BCUT2D eigenvalue weighted by Crippen LogP contribution is -2.28. The van der Waals surface area contributed by atoms with E-state index in [1.807, 2.05) is 12.3 Å². The summed E-state index contributed by atoms with van der Waals surface area (Å²) in [7, 11) is 0. The Hall–Kier alpha value is -7.30. The van der Waals surface area contributed by atoms with Crippen LogP contribution >= 0.6 is 0 Å². The van der Waals surface area contributed by atoms with E-state index in [0.29, 0.717) is 5.95 Å². The third-order valence-electron chi connectivity index (χ3n) is 11.4. The number of nitrogens with zero attached hydrogens (tertiary/aromatic N) is 4. The van der Waals surface area contributed by atoms with Gasteiger partial charge in [0.15, 0.2) is 0 Å². The minimum Gasteiger partial charge on any atom is -0.333 e. The topological polar surface area (TPSA) is 34.0 Å². The maximum absolute atomic E-state index is 5.26. The zero-order valence-electron chi connectivity index (χ0n) is 30.6. The monoisotopic (exact) mass is 716 g/mol. The van der Waals surface area contributed by atoms with E-state index >= 15 is 0 Å². The molecular weight excluding hydrogens is 681 g/mol. The summed E-state index contributed by atoms with van der Waals surface area (Å²) in [5.41, 5.74) is 15.1. The summed E-state index contributed by atoms with van der Waals surface area (Å²) in [4.78, 5) is 12.6. The van der Waals surface area contributed by atoms with Crippen molar-refractivity contribution in [3.63, 3.8) is 0 Å². The zero-order chi connectivity index (χ0) is 37.0. The second-order valence-corrected chi connectivity index (χ2v) is 14.6. The lowest BCUT2D eigenvalue weighted by atomic mass is 9.86. The number of para-hydroxylation sites is 3. The molecule has 2 atom stereocenters. The largest absolute Gasteiger partial charge is 0.333 e. The fraction of sp³-hybridized carbons (Fsp3) is 0.0385. The summed E-state index contributed by atoms with van der Waals surface area (Å²) in [6.07, 6.45) is 9.04. The van der Waals surface area contributed by atoms with Crippen LogP contribution in [0.5, 0.6) is 0 Å². The minimum absolute atomic E-state index is 0.229. The summed E-state index contributed by atoms with van der Waals surface area (Å²) in [6.45, 7) is 0. The molecule has 11 rings (SSSR count). The van der Waals surface area contributed by atoms with Gasteiger partial charge < -0.3 is 4.90 Å². The Morgan fingerprint density at radius 3 is 2.02 bits per heavy atom. The standard InChI is InChI=1S/C52H36N4/c1-3-13-35(14-4-1)36-23-25-37(26-24-36)41-17-7-8-18-42(41)47-31-32-53-52(54-47)56-49-22-12-10-20-44(49)46-34-39(28-30-51(46)56)38-27-29-50-45(33-38)43-19-9-11-21-48(43)55(50)40-15-5-2-6-16-40/h1-34,45,50H. The lowest BCUT2D eigenvalue weighted by molar-refractivity contribution is 0.747. The highest BCUT2D eigenvalue weighted by Gasteiger charge is 2.38. The molecule has 4 nitrogen and oxygen atoms in total. The van der Waals surface area contributed by atoms with Crippen LogP contribution in [0.25, 0.3) is 66.8 Å². The van der Waals surface area contributed by atoms with Gasteiger partial charge in [-0.2, -0.15) is 0 Å². The number of hydrogen-bond donors (Lipinski definition) is 0. The van der Waals surface area contributed by atoms with Crippen molar-refractivity contribution >= 4 is 38.8 Å². The van der Waals surface area contributed by atoms with E-state index in [9.17, 15) is 0 Å². The van der Waals surface area contributed by atoms with E-state index in [0.717, 1.165) is 33.4 Å². The first-order valence-corrected chi connectivity index (χ1v) is 19.2. The molecule has 1 aliphatic carbocycles. The normalized spacial score (nSPS) is 15.9. The van der Waals surface area contributed by atoms with Crippen LogP contribution in [0.3, 0.4) is 0 Å². The highest BCUT2D eigenvalue weighted by molar-refractivity contribution is 6.10. The molecule has 9 aromatic rings. The Balaban J connectivity index is 0.972. The third kappa shape index (κ3) is 5.30. The molecule has 0 saturated heterocycles. The average Bonchev–Trinajstić information content (AvgIpc) is 3.79. The van der Waals surface area contributed by atoms with Gasteiger partial charge in [0.2, 0.25) is 5.95 Å². The van der Waals surface area contributed by atoms with Crippen molar-refractivity contribution in [2.75, 3.05) is 4.90 Å². The van der Waals surface area contributed by atoms with Crippen molar-refractivity contribution in [1.82, 2.24) is 14.5 Å². The van der Waals surface area contributed by atoms with Crippen LogP contribution in [-0.2, 0) is 0 Å². The Morgan fingerprint density at radius 2 is 1.16 bits per heavy atom. The third-order valence-corrected chi connectivity index (χ3v) is 11.4. The van der Waals surface area contributed by atoms with Crippen LogP contribution in [0, 0.1) is 0 Å². The molecule has 0 radical (unpaired) electrons. The summed E-state index contributed by atoms with van der Waals surface area (Å²) < 4.78 is 2.21. The number of allylic oxidation sites excluding steroid dienone is 2. The maximum Gasteiger partial charge on any atom is 0.235 e. The molecule has 0 saturated carbocycles. The van der Waals surface area contributed by atoms with Gasteiger partial charge in [-0.15, -0.1) is 0 Å². The van der Waals surface area contributed by atoms with Gasteiger partial charge in [-0.3, -0.25) is 4.57 Å². The predicted octanol–water partition coefficient (Wildman–Crippen LogP) is 12.8. The van der Waals surface area contributed by atoms with Crippen molar-refractivity contribution in [3.05, 3.63) is 218 Å². The molecule has 0 N–H and O–H groups in total. The zero-order valence-corrected chi connectivity index (χ0v) is 30.6. The van der Waals surface area contributed by atoms with Gasteiger partial charge in [0.05, 0.1) is 22.8 Å². The van der Waals surface area contributed by atoms with Gasteiger partial charge in [0.1, 0.15) is 0 Å². The molecule has 7 aromatic carbocycles. The van der Waals surface area contributed by atoms with E-state index in [-0.39, 0.29) is 12.0 Å². The van der Waals surface area contributed by atoms with Crippen molar-refractivity contribution < 1.29 is 0 Å². The van der Waals surface area contributed by atoms with Gasteiger partial charge in [0.25, 0.3) is 0 Å². The Bertz CT molecular complexity index is 2980. The van der Waals surface area contributed by atoms with Gasteiger partial charge in [-0.05, 0) is 81.4 Å². The van der Waals surface area contributed by atoms with E-state index in [4.69, 9.17) is 9.97 Å². The fourth-order valence-corrected chi connectivity index (χ4v) is 8.84.